The molecule has 2 aromatic carbocycles. The molecule has 0 bridgehead atoms. The van der Waals surface area contributed by atoms with Crippen LogP contribution in [0.25, 0.3) is 11.0 Å². The van der Waals surface area contributed by atoms with Crippen LogP contribution in [-0.4, -0.2) is 42.5 Å². The maximum absolute atomic E-state index is 15.6. The third-order valence-electron chi connectivity index (χ3n) is 5.18. The van der Waals surface area contributed by atoms with Crippen LogP contribution in [0, 0.1) is 15.3 Å². The van der Waals surface area contributed by atoms with Crippen LogP contribution in [-0.2, 0) is 21.2 Å². The summed E-state index contributed by atoms with van der Waals surface area (Å²) >= 11 is 8.41. The van der Waals surface area contributed by atoms with E-state index in [0.717, 1.165) is 22.7 Å². The van der Waals surface area contributed by atoms with E-state index < -0.39 is 21.6 Å². The Morgan fingerprint density at radius 1 is 1.36 bits per heavy atom. The van der Waals surface area contributed by atoms with Gasteiger partial charge in [-0.15, -0.1) is 0 Å². The highest BCUT2D eigenvalue weighted by atomic mass is 127. The van der Waals surface area contributed by atoms with E-state index in [2.05, 4.69) is 38.4 Å². The van der Waals surface area contributed by atoms with E-state index in [1.165, 1.54) is 17.0 Å². The summed E-state index contributed by atoms with van der Waals surface area (Å²) in [6.07, 6.45) is 4.57. The molecule has 0 spiro atoms. The van der Waals surface area contributed by atoms with Crippen molar-refractivity contribution < 1.29 is 22.4 Å². The average molecular weight is 607 g/mol. The fraction of sp³-hybridized carbons (Fsp3) is 0.333. The molecule has 176 valence electrons. The van der Waals surface area contributed by atoms with Gasteiger partial charge in [-0.2, -0.15) is 0 Å². The Labute approximate surface area is 208 Å². The van der Waals surface area contributed by atoms with Crippen molar-refractivity contribution in [2.24, 2.45) is 5.92 Å². The molecular weight excluding hydrogens is 586 g/mol. The molecule has 33 heavy (non-hydrogen) atoms. The van der Waals surface area contributed by atoms with Gasteiger partial charge in [0.25, 0.3) is 5.91 Å². The molecule has 0 saturated heterocycles. The zero-order valence-electron chi connectivity index (χ0n) is 17.6. The van der Waals surface area contributed by atoms with E-state index in [1.54, 1.807) is 18.2 Å². The number of aryl methyl sites for hydroxylation is 1. The Hall–Kier alpha value is -1.96. The largest absolute Gasteiger partial charge is 0.351 e. The lowest BCUT2D eigenvalue weighted by atomic mass is 10.1. The first-order valence-electron chi connectivity index (χ1n) is 10.1. The molecule has 0 unspecified atom stereocenters. The number of nitrogens with zero attached hydrogens (tertiary/aromatic N) is 2. The molecule has 1 fully saturated rings. The molecule has 0 radical (unpaired) electrons. The topological polar surface area (TPSA) is 102 Å². The number of hydrogen-bond donors (Lipinski definition) is 2. The Kier molecular flexibility index (Phi) is 7.12. The predicted octanol–water partition coefficient (Wildman–Crippen LogP) is 4.29. The Morgan fingerprint density at radius 3 is 2.79 bits per heavy atom. The van der Waals surface area contributed by atoms with Crippen LogP contribution < -0.4 is 10.8 Å². The number of fused-ring (bicyclic) bond motifs is 1. The van der Waals surface area contributed by atoms with Crippen molar-refractivity contribution in [2.45, 2.75) is 19.4 Å². The first-order chi connectivity index (χ1) is 15.6. The summed E-state index contributed by atoms with van der Waals surface area (Å²) in [6.45, 7) is 0.457. The van der Waals surface area contributed by atoms with Crippen LogP contribution in [0.15, 0.2) is 30.6 Å². The van der Waals surface area contributed by atoms with Crippen LogP contribution in [0.3, 0.4) is 0 Å². The number of halogens is 3. The van der Waals surface area contributed by atoms with Gasteiger partial charge in [0.15, 0.2) is 5.82 Å². The van der Waals surface area contributed by atoms with E-state index in [0.29, 0.717) is 28.8 Å². The summed E-state index contributed by atoms with van der Waals surface area (Å²) in [5.41, 5.74) is 2.96. The van der Waals surface area contributed by atoms with Crippen molar-refractivity contribution in [1.82, 2.24) is 15.0 Å². The maximum atomic E-state index is 15.6. The van der Waals surface area contributed by atoms with Gasteiger partial charge in [0.05, 0.1) is 46.2 Å². The second kappa shape index (κ2) is 9.72. The van der Waals surface area contributed by atoms with Crippen LogP contribution >= 0.6 is 34.2 Å². The molecule has 1 aliphatic carbocycles. The molecule has 8 nitrogen and oxygen atoms in total. The minimum atomic E-state index is -3.25. The van der Waals surface area contributed by atoms with E-state index in [9.17, 15) is 13.2 Å². The number of anilines is 2. The van der Waals surface area contributed by atoms with Gasteiger partial charge in [-0.05, 0) is 65.6 Å². The van der Waals surface area contributed by atoms with Gasteiger partial charge in [0.1, 0.15) is 15.4 Å². The zero-order chi connectivity index (χ0) is 23.8. The number of sulfone groups is 1. The summed E-state index contributed by atoms with van der Waals surface area (Å²) in [6, 6.07) is 6.65. The highest BCUT2D eigenvalue weighted by molar-refractivity contribution is 14.1. The Morgan fingerprint density at radius 2 is 2.12 bits per heavy atom. The number of hydrogen-bond acceptors (Lipinski definition) is 6. The summed E-state index contributed by atoms with van der Waals surface area (Å²) in [4.78, 5) is 22.3. The molecule has 4 rings (SSSR count). The molecule has 0 aliphatic heterocycles. The van der Waals surface area contributed by atoms with Crippen molar-refractivity contribution in [3.8, 4) is 0 Å². The number of hydroxylamine groups is 1. The predicted molar refractivity (Wildman–Crippen MR) is 133 cm³/mol. The van der Waals surface area contributed by atoms with Crippen molar-refractivity contribution in [2.75, 3.05) is 23.9 Å². The van der Waals surface area contributed by atoms with Crippen molar-refractivity contribution in [1.29, 1.82) is 0 Å². The molecule has 1 saturated carbocycles. The Balaban J connectivity index is 1.74. The smallest absolute Gasteiger partial charge is 0.277 e. The first-order valence-corrected chi connectivity index (χ1v) is 13.6. The van der Waals surface area contributed by atoms with Crippen LogP contribution in [0.5, 0.6) is 0 Å². The summed E-state index contributed by atoms with van der Waals surface area (Å²) in [7, 11) is -3.25. The maximum Gasteiger partial charge on any atom is 0.277 e. The number of aromatic nitrogens is 2. The lowest BCUT2D eigenvalue weighted by Gasteiger charge is -2.15. The fourth-order valence-electron chi connectivity index (χ4n) is 3.19. The second-order valence-electron chi connectivity index (χ2n) is 7.98. The molecular formula is C21H21ClFIN4O4S. The van der Waals surface area contributed by atoms with E-state index in [-0.39, 0.29) is 29.1 Å². The normalized spacial score (nSPS) is 13.9. The minimum absolute atomic E-state index is 0.00286. The molecule has 3 aromatic rings. The van der Waals surface area contributed by atoms with Gasteiger partial charge >= 0.3 is 0 Å². The third kappa shape index (κ3) is 5.94. The Bertz CT molecular complexity index is 1330. The van der Waals surface area contributed by atoms with Crippen LogP contribution in [0.2, 0.25) is 5.02 Å². The minimum Gasteiger partial charge on any atom is -0.351 e. The number of nitrogens with one attached hydrogen (secondary N) is 2. The number of imidazole rings is 1. The molecule has 12 heteroatoms. The second-order valence-corrected chi connectivity index (χ2v) is 11.9. The average Bonchev–Trinajstić information content (AvgIpc) is 3.47. The van der Waals surface area contributed by atoms with Crippen molar-refractivity contribution >= 4 is 72.3 Å². The van der Waals surface area contributed by atoms with E-state index in [1.807, 2.05) is 0 Å². The zero-order valence-corrected chi connectivity index (χ0v) is 21.3. The summed E-state index contributed by atoms with van der Waals surface area (Å²) in [5.74, 6) is -1.13. The molecule has 1 heterocycles. The van der Waals surface area contributed by atoms with Gasteiger partial charge in [0.2, 0.25) is 0 Å². The van der Waals surface area contributed by atoms with Gasteiger partial charge in [-0.25, -0.2) is 23.3 Å². The first kappa shape index (κ1) is 24.2. The van der Waals surface area contributed by atoms with Gasteiger partial charge < -0.3 is 9.88 Å². The van der Waals surface area contributed by atoms with Gasteiger partial charge in [-0.3, -0.25) is 9.63 Å². The van der Waals surface area contributed by atoms with Crippen LogP contribution in [0.1, 0.15) is 23.2 Å². The SMILES string of the molecule is CS(=O)(=O)CCn1cnc2c(F)c(Nc3ccc(I)cc3Cl)c(C(=O)NOCC3CC3)cc21. The van der Waals surface area contributed by atoms with Crippen LogP contribution in [0.4, 0.5) is 15.8 Å². The van der Waals surface area contributed by atoms with Gasteiger partial charge in [0, 0.05) is 16.4 Å². The quantitative estimate of drug-likeness (QED) is 0.278. The van der Waals surface area contributed by atoms with Crippen molar-refractivity contribution in [3.63, 3.8) is 0 Å². The number of rotatable bonds is 9. The standard InChI is InChI=1S/C21H21ClFIN4O4S/c1-33(30,31)7-6-28-11-25-20-17(28)9-14(21(29)27-32-10-12-2-3-12)19(18(20)23)26-16-5-4-13(24)8-15(16)22/h4-5,8-9,11-12,26H,2-3,6-7,10H2,1H3,(H,27,29). The lowest BCUT2D eigenvalue weighted by Crippen LogP contribution is -2.26. The van der Waals surface area contributed by atoms with Gasteiger partial charge in [-0.1, -0.05) is 11.6 Å². The molecule has 1 aromatic heterocycles. The summed E-state index contributed by atoms with van der Waals surface area (Å²) in [5, 5.41) is 3.27. The summed E-state index contributed by atoms with van der Waals surface area (Å²) < 4.78 is 41.2. The lowest BCUT2D eigenvalue weighted by molar-refractivity contribution is 0.0271. The highest BCUT2D eigenvalue weighted by Gasteiger charge is 2.25. The van der Waals surface area contributed by atoms with E-state index in [4.69, 9.17) is 16.4 Å². The monoisotopic (exact) mass is 606 g/mol. The molecule has 0 atom stereocenters. The fourth-order valence-corrected chi connectivity index (χ4v) is 4.62. The van der Waals surface area contributed by atoms with Crippen molar-refractivity contribution in [3.05, 3.63) is 50.6 Å². The molecule has 2 N–H and O–H groups in total. The third-order valence-corrected chi connectivity index (χ3v) is 7.08. The number of carbonyl (C=O) groups excluding carboxylic acids is 1. The molecule has 1 aliphatic rings. The van der Waals surface area contributed by atoms with E-state index >= 15 is 4.39 Å². The number of carbonyl (C=O) groups is 1. The number of amides is 1. The highest BCUT2D eigenvalue weighted by Crippen LogP contribution is 2.34. The number of benzene rings is 2. The molecule has 1 amide bonds.